The van der Waals surface area contributed by atoms with E-state index in [1.54, 1.807) is 34.9 Å². The molecule has 2 aliphatic rings. The third kappa shape index (κ3) is 2.89. The third-order valence-corrected chi connectivity index (χ3v) is 7.37. The number of amides is 1. The first-order valence-corrected chi connectivity index (χ1v) is 11.0. The van der Waals surface area contributed by atoms with E-state index in [1.165, 1.54) is 0 Å². The molecule has 1 amide bonds. The summed E-state index contributed by atoms with van der Waals surface area (Å²) in [5.41, 5.74) is 3.07. The highest BCUT2D eigenvalue weighted by atomic mass is 32.2. The van der Waals surface area contributed by atoms with E-state index in [0.717, 1.165) is 22.6 Å². The number of nitrogens with zero attached hydrogens (tertiary/aromatic N) is 1. The van der Waals surface area contributed by atoms with E-state index in [2.05, 4.69) is 18.6 Å². The van der Waals surface area contributed by atoms with E-state index in [1.807, 2.05) is 18.2 Å². The second kappa shape index (κ2) is 6.32. The largest absolute Gasteiger partial charge is 0.310 e. The number of rotatable bonds is 4. The fourth-order valence-electron chi connectivity index (χ4n) is 3.50. The minimum absolute atomic E-state index is 0.0247. The smallest absolute Gasteiger partial charge is 0.262 e. The van der Waals surface area contributed by atoms with Crippen LogP contribution in [0.15, 0.2) is 46.2 Å². The van der Waals surface area contributed by atoms with Crippen molar-refractivity contribution in [3.05, 3.63) is 47.5 Å². The molecule has 0 spiro atoms. The van der Waals surface area contributed by atoms with Crippen molar-refractivity contribution in [3.63, 3.8) is 0 Å². The highest BCUT2D eigenvalue weighted by molar-refractivity contribution is 8.00. The Morgan fingerprint density at radius 2 is 1.92 bits per heavy atom. The predicted molar refractivity (Wildman–Crippen MR) is 104 cm³/mol. The number of sulfonamides is 1. The van der Waals surface area contributed by atoms with Gasteiger partial charge in [-0.3, -0.25) is 9.52 Å². The fourth-order valence-corrected chi connectivity index (χ4v) is 5.95. The van der Waals surface area contributed by atoms with Crippen LogP contribution in [0.4, 0.5) is 11.4 Å². The molecule has 0 aromatic heterocycles. The number of benzene rings is 2. The molecule has 2 aromatic carbocycles. The van der Waals surface area contributed by atoms with Crippen LogP contribution in [0.1, 0.15) is 25.0 Å². The first-order chi connectivity index (χ1) is 12.4. The lowest BCUT2D eigenvalue weighted by Crippen LogP contribution is -2.35. The summed E-state index contributed by atoms with van der Waals surface area (Å²) in [5.74, 6) is -0.0247. The number of hydrogen-bond donors (Lipinski definition) is 1. The molecule has 136 valence electrons. The average Bonchev–Trinajstić information content (AvgIpc) is 2.92. The molecule has 7 heteroatoms. The van der Waals surface area contributed by atoms with Crippen molar-refractivity contribution in [2.24, 2.45) is 0 Å². The molecule has 5 nitrogen and oxygen atoms in total. The van der Waals surface area contributed by atoms with Crippen molar-refractivity contribution in [2.45, 2.75) is 41.7 Å². The number of aryl methyl sites for hydroxylation is 1. The van der Waals surface area contributed by atoms with E-state index in [-0.39, 0.29) is 17.2 Å². The van der Waals surface area contributed by atoms with E-state index in [4.69, 9.17) is 0 Å². The van der Waals surface area contributed by atoms with Gasteiger partial charge in [0.1, 0.15) is 0 Å². The molecule has 1 N–H and O–H groups in total. The third-order valence-electron chi connectivity index (χ3n) is 4.77. The normalized spacial score (nSPS) is 18.8. The van der Waals surface area contributed by atoms with Gasteiger partial charge in [0, 0.05) is 27.9 Å². The minimum Gasteiger partial charge on any atom is -0.310 e. The van der Waals surface area contributed by atoms with E-state index >= 15 is 0 Å². The summed E-state index contributed by atoms with van der Waals surface area (Å²) in [6, 6.07) is 10.8. The monoisotopic (exact) mass is 388 g/mol. The molecule has 0 bridgehead atoms. The second-order valence-electron chi connectivity index (χ2n) is 6.65. The lowest BCUT2D eigenvalue weighted by atomic mass is 10.1. The first kappa shape index (κ1) is 17.4. The Kier molecular flexibility index (Phi) is 4.23. The van der Waals surface area contributed by atoms with Gasteiger partial charge in [-0.2, -0.15) is 0 Å². The number of carbonyl (C=O) groups excluding carboxylic acids is 1. The first-order valence-electron chi connectivity index (χ1n) is 8.63. The van der Waals surface area contributed by atoms with Crippen molar-refractivity contribution in [3.8, 4) is 0 Å². The Bertz CT molecular complexity index is 985. The van der Waals surface area contributed by atoms with Crippen molar-refractivity contribution in [2.75, 3.05) is 16.2 Å². The number of carbonyl (C=O) groups is 1. The second-order valence-corrected chi connectivity index (χ2v) is 9.79. The standard InChI is InChI=1S/C19H20N2O3S2/c1-3-13-4-6-14(7-5-13)20-26(23,24)17-9-8-16-19-15(17)10-18(22)21(19)11-12(2)25-16/h4-9,12,20H,3,10-11H2,1-2H3/t12-/m0/s1. The molecule has 0 saturated heterocycles. The number of hydrogen-bond acceptors (Lipinski definition) is 4. The molecule has 0 unspecified atom stereocenters. The van der Waals surface area contributed by atoms with Crippen molar-refractivity contribution in [1.29, 1.82) is 0 Å². The summed E-state index contributed by atoms with van der Waals surface area (Å²) in [7, 11) is -3.76. The van der Waals surface area contributed by atoms with Gasteiger partial charge in [0.15, 0.2) is 0 Å². The Morgan fingerprint density at radius 1 is 1.19 bits per heavy atom. The summed E-state index contributed by atoms with van der Waals surface area (Å²) in [6.45, 7) is 4.75. The van der Waals surface area contributed by atoms with Crippen LogP contribution < -0.4 is 9.62 Å². The summed E-state index contributed by atoms with van der Waals surface area (Å²) in [4.78, 5) is 15.3. The molecule has 2 aliphatic heterocycles. The molecule has 1 atom stereocenters. The predicted octanol–water partition coefficient (Wildman–Crippen LogP) is 3.43. The highest BCUT2D eigenvalue weighted by Gasteiger charge is 2.38. The maximum atomic E-state index is 13.0. The Labute approximate surface area is 157 Å². The summed E-state index contributed by atoms with van der Waals surface area (Å²) >= 11 is 1.69. The average molecular weight is 389 g/mol. The molecule has 0 aliphatic carbocycles. The van der Waals surface area contributed by atoms with Crippen LogP contribution in [0.5, 0.6) is 0 Å². The molecule has 0 fully saturated rings. The van der Waals surface area contributed by atoms with Crippen LogP contribution in [0.25, 0.3) is 0 Å². The Balaban J connectivity index is 1.73. The van der Waals surface area contributed by atoms with Crippen LogP contribution in [0, 0.1) is 0 Å². The number of thioether (sulfide) groups is 1. The molecular weight excluding hydrogens is 368 g/mol. The zero-order chi connectivity index (χ0) is 18.5. The number of anilines is 2. The lowest BCUT2D eigenvalue weighted by Gasteiger charge is -2.29. The quantitative estimate of drug-likeness (QED) is 0.871. The summed E-state index contributed by atoms with van der Waals surface area (Å²) in [5, 5.41) is 0.301. The van der Waals surface area contributed by atoms with Gasteiger partial charge in [-0.1, -0.05) is 26.0 Å². The molecule has 2 aromatic rings. The van der Waals surface area contributed by atoms with Crippen molar-refractivity contribution in [1.82, 2.24) is 0 Å². The molecule has 4 rings (SSSR count). The van der Waals surface area contributed by atoms with Crippen LogP contribution >= 0.6 is 11.8 Å². The van der Waals surface area contributed by atoms with E-state index < -0.39 is 10.0 Å². The van der Waals surface area contributed by atoms with Crippen LogP contribution in [-0.2, 0) is 27.7 Å². The van der Waals surface area contributed by atoms with Gasteiger partial charge in [-0.25, -0.2) is 8.42 Å². The van der Waals surface area contributed by atoms with Gasteiger partial charge in [-0.05, 0) is 36.2 Å². The Morgan fingerprint density at radius 3 is 2.62 bits per heavy atom. The fraction of sp³-hybridized carbons (Fsp3) is 0.316. The van der Waals surface area contributed by atoms with Gasteiger partial charge in [0.25, 0.3) is 10.0 Å². The van der Waals surface area contributed by atoms with Gasteiger partial charge in [-0.15, -0.1) is 11.8 Å². The summed E-state index contributed by atoms with van der Waals surface area (Å²) in [6.07, 6.45) is 1.04. The lowest BCUT2D eigenvalue weighted by molar-refractivity contribution is -0.117. The summed E-state index contributed by atoms with van der Waals surface area (Å²) < 4.78 is 28.6. The topological polar surface area (TPSA) is 66.5 Å². The van der Waals surface area contributed by atoms with Crippen LogP contribution in [-0.4, -0.2) is 26.1 Å². The van der Waals surface area contributed by atoms with Gasteiger partial charge in [0.05, 0.1) is 17.0 Å². The molecule has 0 radical (unpaired) electrons. The van der Waals surface area contributed by atoms with Crippen LogP contribution in [0.3, 0.4) is 0 Å². The zero-order valence-electron chi connectivity index (χ0n) is 14.7. The highest BCUT2D eigenvalue weighted by Crippen LogP contribution is 2.46. The molecular formula is C19H20N2O3S2. The molecule has 26 heavy (non-hydrogen) atoms. The van der Waals surface area contributed by atoms with Crippen LogP contribution in [0.2, 0.25) is 0 Å². The minimum atomic E-state index is -3.76. The van der Waals surface area contributed by atoms with Crippen molar-refractivity contribution >= 4 is 39.1 Å². The maximum absolute atomic E-state index is 13.0. The Hall–Kier alpha value is -1.99. The van der Waals surface area contributed by atoms with E-state index in [0.29, 0.717) is 23.0 Å². The van der Waals surface area contributed by atoms with Crippen molar-refractivity contribution < 1.29 is 13.2 Å². The van der Waals surface area contributed by atoms with Gasteiger partial charge < -0.3 is 4.90 Å². The number of nitrogens with one attached hydrogen (secondary N) is 1. The zero-order valence-corrected chi connectivity index (χ0v) is 16.3. The van der Waals surface area contributed by atoms with Gasteiger partial charge >= 0.3 is 0 Å². The molecule has 0 saturated carbocycles. The SMILES string of the molecule is CCc1ccc(NS(=O)(=O)c2ccc3c4c2CC(=O)N4C[C@H](C)S3)cc1. The van der Waals surface area contributed by atoms with E-state index in [9.17, 15) is 13.2 Å². The van der Waals surface area contributed by atoms with Gasteiger partial charge in [0.2, 0.25) is 5.91 Å². The maximum Gasteiger partial charge on any atom is 0.262 e. The molecule has 2 heterocycles.